The molecule has 1 atom stereocenters. The monoisotopic (exact) mass is 428 g/mol. The number of nitrogens with one attached hydrogen (secondary N) is 1. The predicted octanol–water partition coefficient (Wildman–Crippen LogP) is 4.74. The number of carbonyl (C=O) groups is 1. The van der Waals surface area contributed by atoms with Gasteiger partial charge >= 0.3 is 0 Å². The van der Waals surface area contributed by atoms with Gasteiger partial charge in [0.1, 0.15) is 11.5 Å². The zero-order valence-electron chi connectivity index (χ0n) is 17.0. The number of fused-ring (bicyclic) bond motifs is 1. The molecule has 0 aromatic heterocycles. The molecule has 7 nitrogen and oxygen atoms in total. The van der Waals surface area contributed by atoms with Crippen LogP contribution in [0.2, 0.25) is 0 Å². The molecule has 0 bridgehead atoms. The fourth-order valence-corrected chi connectivity index (χ4v) is 3.60. The standard InChI is InChI=1S/C25H20N2O5/c28-22-14-13-17-7-4-5-12-21(17)24(22)25(18-8-6-9-19(15-18)27(30)31)26-23(29)16-32-20-10-2-1-3-11-20/h1-15,25,28H,16H2,(H,26,29). The molecule has 0 saturated carbocycles. The van der Waals surface area contributed by atoms with Gasteiger partial charge in [-0.05, 0) is 34.5 Å². The molecule has 0 heterocycles. The Bertz CT molecular complexity index is 1270. The normalized spacial score (nSPS) is 11.6. The van der Waals surface area contributed by atoms with E-state index in [0.29, 0.717) is 16.9 Å². The molecule has 4 rings (SSSR count). The van der Waals surface area contributed by atoms with Gasteiger partial charge in [0.25, 0.3) is 11.6 Å². The SMILES string of the molecule is O=C(COc1ccccc1)NC(c1cccc([N+](=O)[O-])c1)c1c(O)ccc2ccccc12. The number of phenolic OH excluding ortho intramolecular Hbond substituents is 1. The zero-order valence-corrected chi connectivity index (χ0v) is 17.0. The van der Waals surface area contributed by atoms with Crippen LogP contribution in [0.4, 0.5) is 5.69 Å². The van der Waals surface area contributed by atoms with Crippen molar-refractivity contribution in [2.75, 3.05) is 6.61 Å². The second-order valence-electron chi connectivity index (χ2n) is 7.17. The molecule has 0 aliphatic carbocycles. The Kier molecular flexibility index (Phi) is 5.98. The molecule has 160 valence electrons. The maximum atomic E-state index is 12.8. The van der Waals surface area contributed by atoms with Crippen molar-refractivity contribution in [1.82, 2.24) is 5.32 Å². The summed E-state index contributed by atoms with van der Waals surface area (Å²) in [6.45, 7) is -0.249. The van der Waals surface area contributed by atoms with Gasteiger partial charge in [-0.15, -0.1) is 0 Å². The Labute approximate surface area is 184 Å². The second-order valence-corrected chi connectivity index (χ2v) is 7.17. The number of hydrogen-bond donors (Lipinski definition) is 2. The highest BCUT2D eigenvalue weighted by Gasteiger charge is 2.24. The molecule has 0 aliphatic heterocycles. The predicted molar refractivity (Wildman–Crippen MR) is 121 cm³/mol. The molecule has 1 amide bonds. The maximum Gasteiger partial charge on any atom is 0.269 e. The first kappa shape index (κ1) is 20.9. The lowest BCUT2D eigenvalue weighted by atomic mass is 9.92. The molecular formula is C25H20N2O5. The van der Waals surface area contributed by atoms with E-state index < -0.39 is 16.9 Å². The van der Waals surface area contributed by atoms with Gasteiger partial charge < -0.3 is 15.2 Å². The number of nitro groups is 1. The van der Waals surface area contributed by atoms with Gasteiger partial charge in [-0.2, -0.15) is 0 Å². The smallest absolute Gasteiger partial charge is 0.269 e. The Hall–Kier alpha value is -4.39. The number of nitro benzene ring substituents is 1. The summed E-state index contributed by atoms with van der Waals surface area (Å²) in [5, 5.41) is 26.5. The van der Waals surface area contributed by atoms with Crippen LogP contribution in [0.15, 0.2) is 91.0 Å². The van der Waals surface area contributed by atoms with E-state index in [1.807, 2.05) is 30.3 Å². The lowest BCUT2D eigenvalue weighted by molar-refractivity contribution is -0.384. The molecule has 4 aromatic rings. The minimum atomic E-state index is -0.826. The molecule has 0 saturated heterocycles. The van der Waals surface area contributed by atoms with Crippen LogP contribution < -0.4 is 10.1 Å². The quantitative estimate of drug-likeness (QED) is 0.327. The Morgan fingerprint density at radius 1 is 0.969 bits per heavy atom. The van der Waals surface area contributed by atoms with E-state index in [1.54, 1.807) is 48.5 Å². The van der Waals surface area contributed by atoms with Gasteiger partial charge in [0.2, 0.25) is 0 Å². The van der Waals surface area contributed by atoms with Gasteiger partial charge in [-0.1, -0.05) is 60.7 Å². The van der Waals surface area contributed by atoms with E-state index >= 15 is 0 Å². The molecule has 0 fully saturated rings. The van der Waals surface area contributed by atoms with Crippen LogP contribution in [0.25, 0.3) is 10.8 Å². The van der Waals surface area contributed by atoms with Crippen molar-refractivity contribution in [3.8, 4) is 11.5 Å². The number of non-ortho nitro benzene ring substituents is 1. The molecular weight excluding hydrogens is 408 g/mol. The van der Waals surface area contributed by atoms with Gasteiger partial charge in [0.05, 0.1) is 11.0 Å². The van der Waals surface area contributed by atoms with Crippen molar-refractivity contribution in [2.45, 2.75) is 6.04 Å². The van der Waals surface area contributed by atoms with Crippen LogP contribution in [-0.2, 0) is 4.79 Å². The van der Waals surface area contributed by atoms with Gasteiger partial charge in [-0.25, -0.2) is 0 Å². The van der Waals surface area contributed by atoms with Crippen LogP contribution in [0.5, 0.6) is 11.5 Å². The summed E-state index contributed by atoms with van der Waals surface area (Å²) in [5.74, 6) is 0.0877. The fraction of sp³-hybridized carbons (Fsp3) is 0.0800. The molecule has 32 heavy (non-hydrogen) atoms. The summed E-state index contributed by atoms with van der Waals surface area (Å²) >= 11 is 0. The molecule has 7 heteroatoms. The number of carbonyl (C=O) groups excluding carboxylic acids is 1. The fourth-order valence-electron chi connectivity index (χ4n) is 3.60. The molecule has 1 unspecified atom stereocenters. The third-order valence-electron chi connectivity index (χ3n) is 5.07. The van der Waals surface area contributed by atoms with Crippen LogP contribution >= 0.6 is 0 Å². The summed E-state index contributed by atoms with van der Waals surface area (Å²) in [5.41, 5.74) is 0.817. The van der Waals surface area contributed by atoms with Crippen molar-refractivity contribution in [3.63, 3.8) is 0 Å². The lowest BCUT2D eigenvalue weighted by Gasteiger charge is -2.22. The summed E-state index contributed by atoms with van der Waals surface area (Å²) in [6.07, 6.45) is 0. The zero-order chi connectivity index (χ0) is 22.5. The molecule has 2 N–H and O–H groups in total. The number of hydrogen-bond acceptors (Lipinski definition) is 5. The highest BCUT2D eigenvalue weighted by Crippen LogP contribution is 2.36. The summed E-state index contributed by atoms with van der Waals surface area (Å²) in [7, 11) is 0. The van der Waals surface area contributed by atoms with Crippen molar-refractivity contribution in [2.24, 2.45) is 0 Å². The Morgan fingerprint density at radius 2 is 1.72 bits per heavy atom. The van der Waals surface area contributed by atoms with Gasteiger partial charge in [0, 0.05) is 17.7 Å². The van der Waals surface area contributed by atoms with Crippen LogP contribution in [0.1, 0.15) is 17.2 Å². The van der Waals surface area contributed by atoms with Crippen LogP contribution in [-0.4, -0.2) is 22.5 Å². The minimum Gasteiger partial charge on any atom is -0.508 e. The van der Waals surface area contributed by atoms with Crippen molar-refractivity contribution < 1.29 is 19.6 Å². The highest BCUT2D eigenvalue weighted by molar-refractivity contribution is 5.89. The number of para-hydroxylation sites is 1. The lowest BCUT2D eigenvalue weighted by Crippen LogP contribution is -2.33. The minimum absolute atomic E-state index is 0.0236. The molecule has 0 radical (unpaired) electrons. The Balaban J connectivity index is 1.73. The number of phenols is 1. The number of rotatable bonds is 7. The average molecular weight is 428 g/mol. The number of ether oxygens (including phenoxy) is 1. The second kappa shape index (κ2) is 9.18. The van der Waals surface area contributed by atoms with E-state index in [2.05, 4.69) is 5.32 Å². The first-order valence-electron chi connectivity index (χ1n) is 9.95. The number of aromatic hydroxyl groups is 1. The number of amides is 1. The van der Waals surface area contributed by atoms with E-state index in [4.69, 9.17) is 4.74 Å². The first-order valence-corrected chi connectivity index (χ1v) is 9.95. The van der Waals surface area contributed by atoms with Gasteiger partial charge in [0.15, 0.2) is 6.61 Å². The van der Waals surface area contributed by atoms with Crippen molar-refractivity contribution >= 4 is 22.4 Å². The van der Waals surface area contributed by atoms with E-state index in [1.165, 1.54) is 12.1 Å². The molecule has 0 aliphatic rings. The van der Waals surface area contributed by atoms with E-state index in [0.717, 1.165) is 10.8 Å². The molecule has 0 spiro atoms. The number of nitrogens with zero attached hydrogens (tertiary/aromatic N) is 1. The van der Waals surface area contributed by atoms with Crippen molar-refractivity contribution in [3.05, 3.63) is 112 Å². The van der Waals surface area contributed by atoms with E-state index in [9.17, 15) is 20.0 Å². The van der Waals surface area contributed by atoms with Gasteiger partial charge in [-0.3, -0.25) is 14.9 Å². The Morgan fingerprint density at radius 3 is 2.50 bits per heavy atom. The largest absolute Gasteiger partial charge is 0.508 e. The van der Waals surface area contributed by atoms with Crippen LogP contribution in [0, 0.1) is 10.1 Å². The summed E-state index contributed by atoms with van der Waals surface area (Å²) in [6, 6.07) is 24.8. The van der Waals surface area contributed by atoms with Crippen LogP contribution in [0.3, 0.4) is 0 Å². The first-order chi connectivity index (χ1) is 15.5. The topological polar surface area (TPSA) is 102 Å². The van der Waals surface area contributed by atoms with E-state index in [-0.39, 0.29) is 18.0 Å². The third kappa shape index (κ3) is 4.52. The highest BCUT2D eigenvalue weighted by atomic mass is 16.6. The molecule has 4 aromatic carbocycles. The summed E-state index contributed by atoms with van der Waals surface area (Å²) < 4.78 is 5.54. The number of benzene rings is 4. The average Bonchev–Trinajstić information content (AvgIpc) is 2.82. The van der Waals surface area contributed by atoms with Crippen molar-refractivity contribution in [1.29, 1.82) is 0 Å². The maximum absolute atomic E-state index is 12.8. The summed E-state index contributed by atoms with van der Waals surface area (Å²) in [4.78, 5) is 23.6. The third-order valence-corrected chi connectivity index (χ3v) is 5.07.